The number of carbonyl (C=O) groups is 1. The van der Waals surface area contributed by atoms with E-state index in [0.717, 1.165) is 16.5 Å². The van der Waals surface area contributed by atoms with Crippen LogP contribution in [0.2, 0.25) is 0 Å². The predicted octanol–water partition coefficient (Wildman–Crippen LogP) is 2.80. The van der Waals surface area contributed by atoms with Gasteiger partial charge in [0, 0.05) is 31.2 Å². The van der Waals surface area contributed by atoms with E-state index in [1.54, 1.807) is 31.1 Å². The zero-order valence-electron chi connectivity index (χ0n) is 11.9. The van der Waals surface area contributed by atoms with Crippen molar-refractivity contribution in [1.29, 1.82) is 0 Å². The highest BCUT2D eigenvalue weighted by atomic mass is 16.5. The second kappa shape index (κ2) is 5.36. The van der Waals surface area contributed by atoms with Gasteiger partial charge in [-0.25, -0.2) is 0 Å². The van der Waals surface area contributed by atoms with Gasteiger partial charge < -0.3 is 9.42 Å². The molecule has 2 heterocycles. The van der Waals surface area contributed by atoms with E-state index in [9.17, 15) is 4.79 Å². The minimum absolute atomic E-state index is 0.167. The van der Waals surface area contributed by atoms with Crippen molar-refractivity contribution >= 4 is 16.8 Å². The van der Waals surface area contributed by atoms with E-state index in [-0.39, 0.29) is 5.91 Å². The van der Waals surface area contributed by atoms with Crippen LogP contribution in [-0.4, -0.2) is 28.0 Å². The smallest absolute Gasteiger partial charge is 0.276 e. The summed E-state index contributed by atoms with van der Waals surface area (Å²) in [6.07, 6.45) is 1.79. The Hall–Kier alpha value is -2.69. The number of carbonyl (C=O) groups excluding carboxylic acids is 1. The minimum Gasteiger partial charge on any atom is -0.361 e. The molecule has 5 nitrogen and oxygen atoms in total. The van der Waals surface area contributed by atoms with Crippen LogP contribution in [0.25, 0.3) is 10.9 Å². The molecule has 0 bridgehead atoms. The number of hydrogen-bond donors (Lipinski definition) is 0. The van der Waals surface area contributed by atoms with Crippen LogP contribution in [0.15, 0.2) is 47.1 Å². The molecule has 0 saturated heterocycles. The van der Waals surface area contributed by atoms with Crippen molar-refractivity contribution in [3.63, 3.8) is 0 Å². The fourth-order valence-electron chi connectivity index (χ4n) is 2.21. The molecule has 0 atom stereocenters. The number of benzene rings is 1. The lowest BCUT2D eigenvalue weighted by Gasteiger charge is -2.15. The fraction of sp³-hybridized carbons (Fsp3) is 0.188. The van der Waals surface area contributed by atoms with Crippen molar-refractivity contribution in [2.75, 3.05) is 7.05 Å². The molecule has 0 aliphatic carbocycles. The second-order valence-electron chi connectivity index (χ2n) is 5.02. The number of fused-ring (bicyclic) bond motifs is 1. The number of amides is 1. The van der Waals surface area contributed by atoms with E-state index >= 15 is 0 Å². The number of aromatic nitrogens is 2. The molecule has 2 aromatic heterocycles. The quantitative estimate of drug-likeness (QED) is 0.740. The summed E-state index contributed by atoms with van der Waals surface area (Å²) in [6, 6.07) is 11.6. The van der Waals surface area contributed by atoms with Gasteiger partial charge in [-0.3, -0.25) is 9.78 Å². The third kappa shape index (κ3) is 2.76. The molecule has 21 heavy (non-hydrogen) atoms. The van der Waals surface area contributed by atoms with Gasteiger partial charge in [0.2, 0.25) is 0 Å². The van der Waals surface area contributed by atoms with E-state index < -0.39 is 0 Å². The molecule has 0 aliphatic rings. The van der Waals surface area contributed by atoms with Crippen LogP contribution >= 0.6 is 0 Å². The molecule has 106 valence electrons. The van der Waals surface area contributed by atoms with Gasteiger partial charge in [-0.05, 0) is 24.6 Å². The molecule has 3 rings (SSSR count). The minimum atomic E-state index is -0.167. The van der Waals surface area contributed by atoms with Crippen molar-refractivity contribution in [2.24, 2.45) is 0 Å². The SMILES string of the molecule is Cc1cc(C(=O)N(C)Cc2cnc3ccccc3c2)no1. The number of rotatable bonds is 3. The number of hydrogen-bond acceptors (Lipinski definition) is 4. The van der Waals surface area contributed by atoms with Crippen molar-refractivity contribution in [3.05, 3.63) is 59.6 Å². The Bertz CT molecular complexity index is 795. The molecule has 1 amide bonds. The zero-order chi connectivity index (χ0) is 14.8. The average molecular weight is 281 g/mol. The summed E-state index contributed by atoms with van der Waals surface area (Å²) < 4.78 is 4.93. The molecule has 0 N–H and O–H groups in total. The summed E-state index contributed by atoms with van der Waals surface area (Å²) in [5.74, 6) is 0.458. The van der Waals surface area contributed by atoms with Gasteiger partial charge in [-0.2, -0.15) is 0 Å². The molecule has 3 aromatic rings. The van der Waals surface area contributed by atoms with Gasteiger partial charge in [-0.15, -0.1) is 0 Å². The Labute approximate surface area is 122 Å². The van der Waals surface area contributed by atoms with Crippen molar-refractivity contribution in [3.8, 4) is 0 Å². The van der Waals surface area contributed by atoms with Crippen LogP contribution in [-0.2, 0) is 6.54 Å². The van der Waals surface area contributed by atoms with E-state index in [0.29, 0.717) is 18.0 Å². The maximum Gasteiger partial charge on any atom is 0.276 e. The first kappa shape index (κ1) is 13.3. The summed E-state index contributed by atoms with van der Waals surface area (Å²) in [5, 5.41) is 4.81. The summed E-state index contributed by atoms with van der Waals surface area (Å²) in [4.78, 5) is 18.2. The topological polar surface area (TPSA) is 59.2 Å². The maximum absolute atomic E-state index is 12.2. The fourth-order valence-corrected chi connectivity index (χ4v) is 2.21. The number of nitrogens with zero attached hydrogens (tertiary/aromatic N) is 3. The monoisotopic (exact) mass is 281 g/mol. The van der Waals surface area contributed by atoms with Crippen LogP contribution in [0.1, 0.15) is 21.8 Å². The number of pyridine rings is 1. The summed E-state index contributed by atoms with van der Waals surface area (Å²) in [6.45, 7) is 2.24. The summed E-state index contributed by atoms with van der Waals surface area (Å²) in [5.41, 5.74) is 2.25. The molecule has 0 spiro atoms. The van der Waals surface area contributed by atoms with Crippen LogP contribution in [0.3, 0.4) is 0 Å². The Morgan fingerprint density at radius 3 is 2.86 bits per heavy atom. The Morgan fingerprint density at radius 2 is 2.10 bits per heavy atom. The maximum atomic E-state index is 12.2. The number of para-hydroxylation sites is 1. The largest absolute Gasteiger partial charge is 0.361 e. The average Bonchev–Trinajstić information content (AvgIpc) is 2.93. The highest BCUT2D eigenvalue weighted by molar-refractivity contribution is 5.92. The molecular weight excluding hydrogens is 266 g/mol. The highest BCUT2D eigenvalue weighted by Gasteiger charge is 2.16. The molecule has 0 radical (unpaired) electrons. The summed E-state index contributed by atoms with van der Waals surface area (Å²) >= 11 is 0. The van der Waals surface area contributed by atoms with E-state index in [1.807, 2.05) is 30.3 Å². The van der Waals surface area contributed by atoms with Gasteiger partial charge in [-0.1, -0.05) is 23.4 Å². The van der Waals surface area contributed by atoms with Crippen molar-refractivity contribution in [2.45, 2.75) is 13.5 Å². The van der Waals surface area contributed by atoms with Crippen LogP contribution in [0.5, 0.6) is 0 Å². The molecule has 0 aliphatic heterocycles. The van der Waals surface area contributed by atoms with Crippen molar-refractivity contribution in [1.82, 2.24) is 15.0 Å². The zero-order valence-corrected chi connectivity index (χ0v) is 11.9. The Kier molecular flexibility index (Phi) is 3.39. The first-order chi connectivity index (χ1) is 10.1. The van der Waals surface area contributed by atoms with Crippen molar-refractivity contribution < 1.29 is 9.32 Å². The molecule has 0 unspecified atom stereocenters. The van der Waals surface area contributed by atoms with Gasteiger partial charge in [0.05, 0.1) is 5.52 Å². The second-order valence-corrected chi connectivity index (χ2v) is 5.02. The lowest BCUT2D eigenvalue weighted by Crippen LogP contribution is -2.26. The lowest BCUT2D eigenvalue weighted by atomic mass is 10.1. The molecular formula is C16H15N3O2. The summed E-state index contributed by atoms with van der Waals surface area (Å²) in [7, 11) is 1.74. The number of aryl methyl sites for hydroxylation is 1. The third-order valence-electron chi connectivity index (χ3n) is 3.26. The lowest BCUT2D eigenvalue weighted by molar-refractivity contribution is 0.0774. The molecule has 1 aromatic carbocycles. The first-order valence-electron chi connectivity index (χ1n) is 6.66. The van der Waals surface area contributed by atoms with Gasteiger partial charge in [0.1, 0.15) is 5.76 Å². The van der Waals surface area contributed by atoms with Gasteiger partial charge in [0.15, 0.2) is 5.69 Å². The Morgan fingerprint density at radius 1 is 1.29 bits per heavy atom. The van der Waals surface area contributed by atoms with Gasteiger partial charge in [0.25, 0.3) is 5.91 Å². The van der Waals surface area contributed by atoms with E-state index in [1.165, 1.54) is 0 Å². The van der Waals surface area contributed by atoms with Crippen LogP contribution in [0.4, 0.5) is 0 Å². The molecule has 0 fully saturated rings. The van der Waals surface area contributed by atoms with Crippen LogP contribution in [0, 0.1) is 6.92 Å². The normalized spacial score (nSPS) is 10.8. The standard InChI is InChI=1S/C16H15N3O2/c1-11-7-15(18-21-11)16(20)19(2)10-12-8-13-5-3-4-6-14(13)17-9-12/h3-9H,10H2,1-2H3. The van der Waals surface area contributed by atoms with E-state index in [4.69, 9.17) is 4.52 Å². The van der Waals surface area contributed by atoms with Crippen LogP contribution < -0.4 is 0 Å². The van der Waals surface area contributed by atoms with Gasteiger partial charge >= 0.3 is 0 Å². The van der Waals surface area contributed by atoms with E-state index in [2.05, 4.69) is 10.1 Å². The molecule has 0 saturated carbocycles. The predicted molar refractivity (Wildman–Crippen MR) is 78.8 cm³/mol. The third-order valence-corrected chi connectivity index (χ3v) is 3.26. The highest BCUT2D eigenvalue weighted by Crippen LogP contribution is 2.14. The first-order valence-corrected chi connectivity index (χ1v) is 6.66. The molecule has 5 heteroatoms. The Balaban J connectivity index is 1.79.